The second-order valence-corrected chi connectivity index (χ2v) is 7.33. The van der Waals surface area contributed by atoms with Crippen molar-refractivity contribution < 1.29 is 18.8 Å². The van der Waals surface area contributed by atoms with Gasteiger partial charge >= 0.3 is 0 Å². The zero-order valence-electron chi connectivity index (χ0n) is 15.3. The molecule has 1 fully saturated rings. The number of hydrogen-bond donors (Lipinski definition) is 1. The molecule has 1 N–H and O–H groups in total. The number of carbonyl (C=O) groups excluding carboxylic acids is 3. The molecular weight excluding hydrogens is 420 g/mol. The number of benzene rings is 2. The SMILES string of the molecule is O=C(NCC(=O)N1CCN(C(=O)c2ccc(F)cc2)CC1)c1ccc(Cl)cc1Cl. The van der Waals surface area contributed by atoms with E-state index in [1.807, 2.05) is 0 Å². The predicted octanol–water partition coefficient (Wildman–Crippen LogP) is 2.85. The second-order valence-electron chi connectivity index (χ2n) is 6.49. The molecule has 0 atom stereocenters. The Bertz CT molecular complexity index is 929. The average molecular weight is 438 g/mol. The van der Waals surface area contributed by atoms with Gasteiger partial charge in [0.25, 0.3) is 11.8 Å². The minimum atomic E-state index is -0.467. The molecule has 2 aromatic carbocycles. The quantitative estimate of drug-likeness (QED) is 0.799. The van der Waals surface area contributed by atoms with Gasteiger partial charge in [-0.25, -0.2) is 4.39 Å². The summed E-state index contributed by atoms with van der Waals surface area (Å²) in [6.07, 6.45) is 0. The molecule has 2 aromatic rings. The largest absolute Gasteiger partial charge is 0.343 e. The smallest absolute Gasteiger partial charge is 0.253 e. The summed E-state index contributed by atoms with van der Waals surface area (Å²) in [5.41, 5.74) is 0.636. The number of nitrogens with zero attached hydrogens (tertiary/aromatic N) is 2. The number of amides is 3. The molecule has 1 aliphatic heterocycles. The Labute approximate surface area is 177 Å². The van der Waals surface area contributed by atoms with E-state index in [0.29, 0.717) is 36.8 Å². The fourth-order valence-electron chi connectivity index (χ4n) is 2.97. The van der Waals surface area contributed by atoms with Crippen LogP contribution in [-0.2, 0) is 4.79 Å². The Kier molecular flexibility index (Phi) is 6.71. The van der Waals surface area contributed by atoms with Gasteiger partial charge in [-0.05, 0) is 42.5 Å². The molecule has 0 bridgehead atoms. The number of hydrogen-bond acceptors (Lipinski definition) is 3. The van der Waals surface area contributed by atoms with Crippen LogP contribution >= 0.6 is 23.2 Å². The lowest BCUT2D eigenvalue weighted by atomic mass is 10.1. The zero-order chi connectivity index (χ0) is 21.0. The molecule has 0 saturated carbocycles. The molecule has 0 aromatic heterocycles. The van der Waals surface area contributed by atoms with Crippen LogP contribution in [-0.4, -0.2) is 60.2 Å². The summed E-state index contributed by atoms with van der Waals surface area (Å²) < 4.78 is 13.0. The van der Waals surface area contributed by atoms with Crippen LogP contribution in [0.1, 0.15) is 20.7 Å². The lowest BCUT2D eigenvalue weighted by Crippen LogP contribution is -2.52. The third kappa shape index (κ3) is 5.25. The highest BCUT2D eigenvalue weighted by molar-refractivity contribution is 6.36. The van der Waals surface area contributed by atoms with Crippen molar-refractivity contribution in [1.82, 2.24) is 15.1 Å². The van der Waals surface area contributed by atoms with Gasteiger partial charge in [-0.1, -0.05) is 23.2 Å². The number of carbonyl (C=O) groups is 3. The third-order valence-corrected chi connectivity index (χ3v) is 5.13. The van der Waals surface area contributed by atoms with E-state index < -0.39 is 11.7 Å². The summed E-state index contributed by atoms with van der Waals surface area (Å²) in [4.78, 5) is 40.2. The Morgan fingerprint density at radius 1 is 0.931 bits per heavy atom. The van der Waals surface area contributed by atoms with E-state index in [4.69, 9.17) is 23.2 Å². The highest BCUT2D eigenvalue weighted by Gasteiger charge is 2.25. The fraction of sp³-hybridized carbons (Fsp3) is 0.250. The van der Waals surface area contributed by atoms with Crippen molar-refractivity contribution in [1.29, 1.82) is 0 Å². The van der Waals surface area contributed by atoms with Gasteiger partial charge in [0.15, 0.2) is 0 Å². The third-order valence-electron chi connectivity index (χ3n) is 4.59. The second kappa shape index (κ2) is 9.24. The highest BCUT2D eigenvalue weighted by Crippen LogP contribution is 2.20. The van der Waals surface area contributed by atoms with Crippen LogP contribution in [0.25, 0.3) is 0 Å². The van der Waals surface area contributed by atoms with Crippen molar-refractivity contribution in [2.24, 2.45) is 0 Å². The standard InChI is InChI=1S/C20H18Cl2FN3O3/c21-14-3-6-16(17(22)11-14)19(28)24-12-18(27)25-7-9-26(10-8-25)20(29)13-1-4-15(23)5-2-13/h1-6,11H,7-10,12H2,(H,24,28). The van der Waals surface area contributed by atoms with E-state index in [1.54, 1.807) is 15.9 Å². The monoisotopic (exact) mass is 437 g/mol. The maximum absolute atomic E-state index is 13.0. The number of halogens is 3. The zero-order valence-corrected chi connectivity index (χ0v) is 16.8. The molecule has 3 amide bonds. The molecule has 6 nitrogen and oxygen atoms in total. The van der Waals surface area contributed by atoms with Crippen LogP contribution in [0.2, 0.25) is 10.0 Å². The molecular formula is C20H18Cl2FN3O3. The minimum Gasteiger partial charge on any atom is -0.343 e. The van der Waals surface area contributed by atoms with E-state index in [9.17, 15) is 18.8 Å². The van der Waals surface area contributed by atoms with Crippen LogP contribution in [0.3, 0.4) is 0 Å². The highest BCUT2D eigenvalue weighted by atomic mass is 35.5. The van der Waals surface area contributed by atoms with Crippen LogP contribution in [0.5, 0.6) is 0 Å². The van der Waals surface area contributed by atoms with Crippen molar-refractivity contribution in [2.75, 3.05) is 32.7 Å². The predicted molar refractivity (Wildman–Crippen MR) is 108 cm³/mol. The van der Waals surface area contributed by atoms with Crippen LogP contribution in [0.15, 0.2) is 42.5 Å². The normalized spacial score (nSPS) is 13.9. The summed E-state index contributed by atoms with van der Waals surface area (Å²) in [6.45, 7) is 1.24. The summed E-state index contributed by atoms with van der Waals surface area (Å²) >= 11 is 11.8. The van der Waals surface area contributed by atoms with Gasteiger partial charge in [0.2, 0.25) is 5.91 Å². The Morgan fingerprint density at radius 3 is 2.17 bits per heavy atom. The molecule has 0 spiro atoms. The molecule has 1 aliphatic rings. The van der Waals surface area contributed by atoms with Crippen molar-refractivity contribution in [3.8, 4) is 0 Å². The fourth-order valence-corrected chi connectivity index (χ4v) is 3.46. The van der Waals surface area contributed by atoms with E-state index in [2.05, 4.69) is 5.32 Å². The Morgan fingerprint density at radius 2 is 1.55 bits per heavy atom. The molecule has 9 heteroatoms. The van der Waals surface area contributed by atoms with Gasteiger partial charge in [0, 0.05) is 36.8 Å². The minimum absolute atomic E-state index is 0.177. The molecule has 1 heterocycles. The first-order valence-corrected chi connectivity index (χ1v) is 9.66. The van der Waals surface area contributed by atoms with E-state index in [1.165, 1.54) is 36.4 Å². The topological polar surface area (TPSA) is 69.7 Å². The first kappa shape index (κ1) is 21.1. The van der Waals surface area contributed by atoms with Crippen LogP contribution in [0.4, 0.5) is 4.39 Å². The van der Waals surface area contributed by atoms with E-state index in [-0.39, 0.29) is 28.9 Å². The van der Waals surface area contributed by atoms with Crippen molar-refractivity contribution in [3.63, 3.8) is 0 Å². The van der Waals surface area contributed by atoms with Gasteiger partial charge in [0.1, 0.15) is 5.82 Å². The Balaban J connectivity index is 1.49. The summed E-state index contributed by atoms with van der Waals surface area (Å²) in [7, 11) is 0. The maximum atomic E-state index is 13.0. The first-order valence-electron chi connectivity index (χ1n) is 8.91. The van der Waals surface area contributed by atoms with Gasteiger partial charge in [0.05, 0.1) is 17.1 Å². The Hall–Kier alpha value is -2.64. The van der Waals surface area contributed by atoms with E-state index in [0.717, 1.165) is 0 Å². The van der Waals surface area contributed by atoms with Gasteiger partial charge in [-0.15, -0.1) is 0 Å². The molecule has 152 valence electrons. The summed E-state index contributed by atoms with van der Waals surface area (Å²) in [5.74, 6) is -1.33. The number of nitrogens with one attached hydrogen (secondary N) is 1. The summed E-state index contributed by atoms with van der Waals surface area (Å²) in [5, 5.41) is 3.16. The summed E-state index contributed by atoms with van der Waals surface area (Å²) in [6, 6.07) is 9.84. The molecule has 29 heavy (non-hydrogen) atoms. The van der Waals surface area contributed by atoms with E-state index >= 15 is 0 Å². The number of piperazine rings is 1. The maximum Gasteiger partial charge on any atom is 0.253 e. The van der Waals surface area contributed by atoms with Gasteiger partial charge < -0.3 is 15.1 Å². The molecule has 0 unspecified atom stereocenters. The van der Waals surface area contributed by atoms with Crippen molar-refractivity contribution in [3.05, 3.63) is 69.5 Å². The van der Waals surface area contributed by atoms with Gasteiger partial charge in [-0.2, -0.15) is 0 Å². The molecule has 0 aliphatic carbocycles. The van der Waals surface area contributed by atoms with Crippen molar-refractivity contribution in [2.45, 2.75) is 0 Å². The molecule has 0 radical (unpaired) electrons. The number of rotatable bonds is 4. The van der Waals surface area contributed by atoms with Crippen LogP contribution < -0.4 is 5.32 Å². The molecule has 1 saturated heterocycles. The lowest BCUT2D eigenvalue weighted by molar-refractivity contribution is -0.131. The average Bonchev–Trinajstić information content (AvgIpc) is 2.72. The lowest BCUT2D eigenvalue weighted by Gasteiger charge is -2.34. The molecule has 3 rings (SSSR count). The first-order chi connectivity index (χ1) is 13.8. The van der Waals surface area contributed by atoms with Crippen LogP contribution in [0, 0.1) is 5.82 Å². The van der Waals surface area contributed by atoms with Crippen molar-refractivity contribution >= 4 is 40.9 Å². The van der Waals surface area contributed by atoms with Gasteiger partial charge in [-0.3, -0.25) is 14.4 Å².